The molecule has 2 aliphatic rings. The van der Waals surface area contributed by atoms with Gasteiger partial charge in [0.15, 0.2) is 0 Å². The Labute approximate surface area is 210 Å². The van der Waals surface area contributed by atoms with Crippen molar-refractivity contribution in [2.75, 3.05) is 33.4 Å². The standard InChI is InChI=1S/C25H29ClN2O5.ClH/c1-28(13-16-33-21-4-2-3-20(26)17-21)25(11-14-32-15-12-25)23(31)27-24(9-10-24)19-7-5-18(6-8-19)22(29)30;/h2-8,17H,9-16H2,1H3,(H,27,31)(H,29,30);1H. The maximum atomic E-state index is 13.7. The van der Waals surface area contributed by atoms with Gasteiger partial charge < -0.3 is 19.9 Å². The average molecular weight is 509 g/mol. The summed E-state index contributed by atoms with van der Waals surface area (Å²) in [6.07, 6.45) is 2.86. The van der Waals surface area contributed by atoms with Crippen LogP contribution in [0.2, 0.25) is 5.02 Å². The topological polar surface area (TPSA) is 88.1 Å². The third-order valence-corrected chi connectivity index (χ3v) is 6.99. The molecule has 1 aliphatic carbocycles. The highest BCUT2D eigenvalue weighted by Gasteiger charge is 2.51. The molecule has 0 spiro atoms. The lowest BCUT2D eigenvalue weighted by atomic mass is 9.86. The number of halogens is 2. The average Bonchev–Trinajstić information content (AvgIpc) is 3.60. The zero-order valence-corrected chi connectivity index (χ0v) is 20.7. The largest absolute Gasteiger partial charge is 0.492 e. The Morgan fingerprint density at radius 1 is 1.12 bits per heavy atom. The van der Waals surface area contributed by atoms with Gasteiger partial charge in [0.05, 0.1) is 11.1 Å². The zero-order chi connectivity index (χ0) is 23.5. The number of amides is 1. The van der Waals surface area contributed by atoms with Crippen molar-refractivity contribution in [3.05, 3.63) is 64.7 Å². The quantitative estimate of drug-likeness (QED) is 0.529. The van der Waals surface area contributed by atoms with Crippen LogP contribution in [-0.4, -0.2) is 60.8 Å². The van der Waals surface area contributed by atoms with Crippen LogP contribution < -0.4 is 10.1 Å². The van der Waals surface area contributed by atoms with Crippen molar-refractivity contribution in [2.45, 2.75) is 36.8 Å². The van der Waals surface area contributed by atoms with Gasteiger partial charge in [-0.15, -0.1) is 12.4 Å². The van der Waals surface area contributed by atoms with Gasteiger partial charge in [0.1, 0.15) is 17.9 Å². The van der Waals surface area contributed by atoms with Crippen LogP contribution in [0.5, 0.6) is 5.75 Å². The number of aromatic carboxylic acids is 1. The lowest BCUT2D eigenvalue weighted by Crippen LogP contribution is -2.62. The number of nitrogens with zero attached hydrogens (tertiary/aromatic N) is 1. The van der Waals surface area contributed by atoms with Crippen molar-refractivity contribution in [1.29, 1.82) is 0 Å². The Morgan fingerprint density at radius 3 is 2.38 bits per heavy atom. The molecule has 2 N–H and O–H groups in total. The lowest BCUT2D eigenvalue weighted by Gasteiger charge is -2.43. The summed E-state index contributed by atoms with van der Waals surface area (Å²) in [5.74, 6) is -0.280. The molecular formula is C25H30Cl2N2O5. The maximum Gasteiger partial charge on any atom is 0.335 e. The summed E-state index contributed by atoms with van der Waals surface area (Å²) in [7, 11) is 1.95. The predicted molar refractivity (Wildman–Crippen MR) is 132 cm³/mol. The van der Waals surface area contributed by atoms with Crippen LogP contribution in [-0.2, 0) is 15.1 Å². The molecule has 2 fully saturated rings. The third kappa shape index (κ3) is 5.66. The number of hydrogen-bond acceptors (Lipinski definition) is 5. The highest BCUT2D eigenvalue weighted by molar-refractivity contribution is 6.30. The summed E-state index contributed by atoms with van der Waals surface area (Å²) in [5.41, 5.74) is 0.0561. The highest BCUT2D eigenvalue weighted by Crippen LogP contribution is 2.46. The molecule has 2 aromatic carbocycles. The fourth-order valence-electron chi connectivity index (χ4n) is 4.44. The number of carboxylic acids is 1. The van der Waals surface area contributed by atoms with E-state index >= 15 is 0 Å². The van der Waals surface area contributed by atoms with Gasteiger partial charge in [0.25, 0.3) is 0 Å². The van der Waals surface area contributed by atoms with Crippen molar-refractivity contribution >= 4 is 35.9 Å². The van der Waals surface area contributed by atoms with Crippen LogP contribution in [0.1, 0.15) is 41.6 Å². The molecule has 1 saturated heterocycles. The Hall–Kier alpha value is -2.32. The van der Waals surface area contributed by atoms with Gasteiger partial charge in [-0.25, -0.2) is 4.79 Å². The summed E-state index contributed by atoms with van der Waals surface area (Å²) in [5, 5.41) is 13.1. The van der Waals surface area contributed by atoms with Gasteiger partial charge in [-0.05, 0) is 68.6 Å². The van der Waals surface area contributed by atoms with Gasteiger partial charge in [0.2, 0.25) is 5.91 Å². The zero-order valence-electron chi connectivity index (χ0n) is 19.1. The van der Waals surface area contributed by atoms with Crippen LogP contribution in [0.4, 0.5) is 0 Å². The summed E-state index contributed by atoms with van der Waals surface area (Å²) in [6.45, 7) is 2.04. The molecule has 1 amide bonds. The minimum atomic E-state index is -0.960. The molecule has 0 bridgehead atoms. The van der Waals surface area contributed by atoms with Crippen molar-refractivity contribution in [3.8, 4) is 5.75 Å². The van der Waals surface area contributed by atoms with E-state index in [0.717, 1.165) is 18.4 Å². The number of benzene rings is 2. The SMILES string of the molecule is CN(CCOc1cccc(Cl)c1)C1(C(=O)NC2(c3ccc(C(=O)O)cc3)CC2)CCOCC1.Cl. The summed E-state index contributed by atoms with van der Waals surface area (Å²) in [4.78, 5) is 26.9. The van der Waals surface area contributed by atoms with Crippen LogP contribution >= 0.6 is 24.0 Å². The molecule has 34 heavy (non-hydrogen) atoms. The van der Waals surface area contributed by atoms with E-state index in [-0.39, 0.29) is 23.9 Å². The molecule has 2 aromatic rings. The molecule has 0 aromatic heterocycles. The number of carbonyl (C=O) groups is 2. The van der Waals surface area contributed by atoms with Crippen LogP contribution in [0.15, 0.2) is 48.5 Å². The number of ether oxygens (including phenoxy) is 2. The predicted octanol–water partition coefficient (Wildman–Crippen LogP) is 4.13. The molecule has 9 heteroatoms. The smallest absolute Gasteiger partial charge is 0.335 e. The van der Waals surface area contributed by atoms with Crippen molar-refractivity contribution in [1.82, 2.24) is 10.2 Å². The minimum Gasteiger partial charge on any atom is -0.492 e. The van der Waals surface area contributed by atoms with Gasteiger partial charge in [0, 0.05) is 24.8 Å². The normalized spacial score (nSPS) is 18.0. The fourth-order valence-corrected chi connectivity index (χ4v) is 4.62. The van der Waals surface area contributed by atoms with Gasteiger partial charge in [-0.2, -0.15) is 0 Å². The molecule has 1 aliphatic heterocycles. The van der Waals surface area contributed by atoms with Crippen LogP contribution in [0.25, 0.3) is 0 Å². The van der Waals surface area contributed by atoms with E-state index in [9.17, 15) is 9.59 Å². The van der Waals surface area contributed by atoms with Crippen molar-refractivity contribution < 1.29 is 24.2 Å². The van der Waals surface area contributed by atoms with Crippen molar-refractivity contribution in [2.24, 2.45) is 0 Å². The Bertz CT molecular complexity index is 1000. The molecule has 0 unspecified atom stereocenters. The van der Waals surface area contributed by atoms with Gasteiger partial charge in [-0.1, -0.05) is 29.8 Å². The first-order valence-electron chi connectivity index (χ1n) is 11.2. The van der Waals surface area contributed by atoms with Gasteiger partial charge in [-0.3, -0.25) is 9.69 Å². The molecule has 184 valence electrons. The Morgan fingerprint density at radius 2 is 1.79 bits per heavy atom. The second kappa shape index (κ2) is 11.0. The maximum absolute atomic E-state index is 13.7. The first-order valence-corrected chi connectivity index (χ1v) is 11.6. The van der Waals surface area contributed by atoms with Crippen LogP contribution in [0, 0.1) is 0 Å². The molecule has 0 radical (unpaired) electrons. The van der Waals surface area contributed by atoms with Crippen LogP contribution in [0.3, 0.4) is 0 Å². The Balaban J connectivity index is 0.00000324. The van der Waals surface area contributed by atoms with Gasteiger partial charge >= 0.3 is 5.97 Å². The molecule has 7 nitrogen and oxygen atoms in total. The molecule has 0 atom stereocenters. The fraction of sp³-hybridized carbons (Fsp3) is 0.440. The molecule has 4 rings (SSSR count). The minimum absolute atomic E-state index is 0. The van der Waals surface area contributed by atoms with E-state index in [1.807, 2.05) is 19.2 Å². The van der Waals surface area contributed by atoms with E-state index < -0.39 is 17.0 Å². The first kappa shape index (κ1) is 26.3. The number of carbonyl (C=O) groups excluding carboxylic acids is 1. The third-order valence-electron chi connectivity index (χ3n) is 6.75. The molecular weight excluding hydrogens is 479 g/mol. The summed E-state index contributed by atoms with van der Waals surface area (Å²) < 4.78 is 11.4. The highest BCUT2D eigenvalue weighted by atomic mass is 35.5. The lowest BCUT2D eigenvalue weighted by molar-refractivity contribution is -0.140. The number of hydrogen-bond donors (Lipinski definition) is 2. The monoisotopic (exact) mass is 508 g/mol. The first-order chi connectivity index (χ1) is 15.8. The number of rotatable bonds is 9. The second-order valence-corrected chi connectivity index (χ2v) is 9.23. The number of nitrogens with one attached hydrogen (secondary N) is 1. The Kier molecular flexibility index (Phi) is 8.47. The summed E-state index contributed by atoms with van der Waals surface area (Å²) in [6, 6.07) is 14.0. The van der Waals surface area contributed by atoms with E-state index in [0.29, 0.717) is 50.0 Å². The van der Waals surface area contributed by atoms with E-state index in [2.05, 4.69) is 10.2 Å². The number of carboxylic acid groups (broad SMARTS) is 1. The van der Waals surface area contributed by atoms with Crippen molar-refractivity contribution in [3.63, 3.8) is 0 Å². The van der Waals surface area contributed by atoms with E-state index in [1.165, 1.54) is 0 Å². The summed E-state index contributed by atoms with van der Waals surface area (Å²) >= 11 is 6.03. The molecule has 1 saturated carbocycles. The second-order valence-electron chi connectivity index (χ2n) is 8.79. The van der Waals surface area contributed by atoms with E-state index in [4.69, 9.17) is 26.2 Å². The molecule has 1 heterocycles. The number of likely N-dealkylation sites (N-methyl/N-ethyl adjacent to an activating group) is 1. The van der Waals surface area contributed by atoms with E-state index in [1.54, 1.807) is 36.4 Å².